The predicted octanol–water partition coefficient (Wildman–Crippen LogP) is 3.34. The molecule has 1 heterocycles. The predicted molar refractivity (Wildman–Crippen MR) is 97.0 cm³/mol. The van der Waals surface area contributed by atoms with Crippen molar-refractivity contribution in [2.24, 2.45) is 5.92 Å². The number of aromatic nitrogens is 1. The zero-order valence-corrected chi connectivity index (χ0v) is 15.8. The van der Waals surface area contributed by atoms with Crippen molar-refractivity contribution in [2.45, 2.75) is 52.1 Å². The van der Waals surface area contributed by atoms with Crippen LogP contribution in [0.3, 0.4) is 0 Å². The van der Waals surface area contributed by atoms with Gasteiger partial charge in [-0.2, -0.15) is 0 Å². The van der Waals surface area contributed by atoms with Gasteiger partial charge in [-0.3, -0.25) is 4.79 Å². The molecule has 1 aliphatic rings. The second-order valence-corrected chi connectivity index (χ2v) is 6.73. The normalized spacial score (nSPS) is 23.3. The molecule has 1 fully saturated rings. The molecule has 0 aliphatic heterocycles. The van der Waals surface area contributed by atoms with Crippen molar-refractivity contribution in [3.63, 3.8) is 0 Å². The van der Waals surface area contributed by atoms with Gasteiger partial charge in [0.1, 0.15) is 12.2 Å². The van der Waals surface area contributed by atoms with Gasteiger partial charge in [0.25, 0.3) is 5.91 Å². The number of anilines is 1. The third-order valence-electron chi connectivity index (χ3n) is 4.85. The van der Waals surface area contributed by atoms with Gasteiger partial charge < -0.3 is 19.5 Å². The summed E-state index contributed by atoms with van der Waals surface area (Å²) in [6.45, 7) is 7.73. The highest BCUT2D eigenvalue weighted by atomic mass is 16.5. The molecule has 1 aromatic heterocycles. The van der Waals surface area contributed by atoms with Gasteiger partial charge in [0, 0.05) is 19.3 Å². The first kappa shape index (κ1) is 19.7. The molecule has 0 bridgehead atoms. The molecule has 0 radical (unpaired) electrons. The minimum absolute atomic E-state index is 0.0897. The first-order valence-corrected chi connectivity index (χ1v) is 9.04. The summed E-state index contributed by atoms with van der Waals surface area (Å²) < 4.78 is 16.5. The summed E-state index contributed by atoms with van der Waals surface area (Å²) in [5, 5.41) is 2.96. The Hall–Kier alpha value is -1.66. The van der Waals surface area contributed by atoms with Gasteiger partial charge in [0.2, 0.25) is 5.88 Å². The zero-order chi connectivity index (χ0) is 18.3. The van der Waals surface area contributed by atoms with Crippen molar-refractivity contribution in [2.75, 3.05) is 32.2 Å². The highest BCUT2D eigenvalue weighted by molar-refractivity contribution is 5.97. The number of nitrogens with zero attached hydrogens (tertiary/aromatic N) is 1. The Morgan fingerprint density at radius 1 is 1.36 bits per heavy atom. The number of hydrogen-bond donors (Lipinski definition) is 1. The molecule has 1 aliphatic carbocycles. The summed E-state index contributed by atoms with van der Waals surface area (Å²) in [4.78, 5) is 17.1. The molecule has 25 heavy (non-hydrogen) atoms. The highest BCUT2D eigenvalue weighted by Gasteiger charge is 2.41. The monoisotopic (exact) mass is 350 g/mol. The van der Waals surface area contributed by atoms with E-state index in [2.05, 4.69) is 17.2 Å². The Morgan fingerprint density at radius 2 is 2.08 bits per heavy atom. The van der Waals surface area contributed by atoms with Gasteiger partial charge in [-0.15, -0.1) is 0 Å². The molecular weight excluding hydrogens is 320 g/mol. The average Bonchev–Trinajstić information content (AvgIpc) is 2.61. The Labute approximate surface area is 150 Å². The lowest BCUT2D eigenvalue weighted by Gasteiger charge is -2.36. The van der Waals surface area contributed by atoms with Crippen molar-refractivity contribution in [1.82, 2.24) is 4.98 Å². The third kappa shape index (κ3) is 5.16. The van der Waals surface area contributed by atoms with E-state index in [1.807, 2.05) is 19.9 Å². The van der Waals surface area contributed by atoms with Crippen LogP contribution >= 0.6 is 0 Å². The van der Waals surface area contributed by atoms with Crippen LogP contribution in [0.4, 0.5) is 5.69 Å². The summed E-state index contributed by atoms with van der Waals surface area (Å²) in [6, 6.07) is 1.87. The lowest BCUT2D eigenvalue weighted by molar-refractivity contribution is -0.142. The van der Waals surface area contributed by atoms with E-state index in [4.69, 9.17) is 14.2 Å². The number of carbonyl (C=O) groups is 1. The van der Waals surface area contributed by atoms with Crippen molar-refractivity contribution in [3.8, 4) is 5.88 Å². The van der Waals surface area contributed by atoms with Crippen LogP contribution in [-0.2, 0) is 14.3 Å². The Balaban J connectivity index is 1.97. The fraction of sp³-hybridized carbons (Fsp3) is 0.684. The van der Waals surface area contributed by atoms with Gasteiger partial charge >= 0.3 is 0 Å². The summed E-state index contributed by atoms with van der Waals surface area (Å²) in [6.07, 6.45) is 5.13. The fourth-order valence-electron chi connectivity index (χ4n) is 3.12. The van der Waals surface area contributed by atoms with E-state index < -0.39 is 5.60 Å². The molecular formula is C19H30N2O4. The van der Waals surface area contributed by atoms with E-state index in [0.29, 0.717) is 37.3 Å². The second-order valence-electron chi connectivity index (χ2n) is 6.73. The molecule has 1 amide bonds. The van der Waals surface area contributed by atoms with E-state index in [0.717, 1.165) is 31.2 Å². The van der Waals surface area contributed by atoms with E-state index >= 15 is 0 Å². The zero-order valence-electron chi connectivity index (χ0n) is 15.8. The minimum Gasteiger partial charge on any atom is -0.475 e. The maximum Gasteiger partial charge on any atom is 0.256 e. The molecule has 1 aromatic rings. The molecule has 1 saturated carbocycles. The lowest BCUT2D eigenvalue weighted by atomic mass is 9.79. The molecule has 1 N–H and O–H groups in total. The number of rotatable bonds is 8. The molecule has 0 unspecified atom stereocenters. The van der Waals surface area contributed by atoms with Crippen LogP contribution in [0.15, 0.2) is 12.3 Å². The van der Waals surface area contributed by atoms with Crippen LogP contribution in [0, 0.1) is 12.8 Å². The van der Waals surface area contributed by atoms with Gasteiger partial charge in [0.15, 0.2) is 0 Å². The van der Waals surface area contributed by atoms with Crippen LogP contribution in [-0.4, -0.2) is 43.4 Å². The first-order valence-electron chi connectivity index (χ1n) is 9.04. The van der Waals surface area contributed by atoms with Crippen molar-refractivity contribution in [1.29, 1.82) is 0 Å². The standard InChI is InChI=1S/C19H30N2O4/c1-5-24-10-11-25-17-15(3)12-16(13-20-17)21-18(22)19(23-4)8-6-14(2)7-9-19/h12-14H,5-11H2,1-4H3,(H,21,22). The number of carbonyl (C=O) groups excluding carboxylic acids is 1. The fourth-order valence-corrected chi connectivity index (χ4v) is 3.12. The van der Waals surface area contributed by atoms with Crippen molar-refractivity contribution in [3.05, 3.63) is 17.8 Å². The van der Waals surface area contributed by atoms with E-state index in [-0.39, 0.29) is 5.91 Å². The summed E-state index contributed by atoms with van der Waals surface area (Å²) in [7, 11) is 1.62. The quantitative estimate of drug-likeness (QED) is 0.728. The number of nitrogens with one attached hydrogen (secondary N) is 1. The number of methoxy groups -OCH3 is 1. The Kier molecular flexibility index (Phi) is 7.20. The van der Waals surface area contributed by atoms with E-state index in [9.17, 15) is 4.79 Å². The maximum atomic E-state index is 12.8. The van der Waals surface area contributed by atoms with Crippen LogP contribution in [0.5, 0.6) is 5.88 Å². The Morgan fingerprint density at radius 3 is 2.68 bits per heavy atom. The summed E-state index contributed by atoms with van der Waals surface area (Å²) in [5.74, 6) is 1.12. The minimum atomic E-state index is -0.729. The summed E-state index contributed by atoms with van der Waals surface area (Å²) in [5.41, 5.74) is 0.806. The second kappa shape index (κ2) is 9.15. The topological polar surface area (TPSA) is 69.7 Å². The molecule has 6 nitrogen and oxygen atoms in total. The number of amides is 1. The van der Waals surface area contributed by atoms with Gasteiger partial charge in [0.05, 0.1) is 18.5 Å². The van der Waals surface area contributed by atoms with Crippen LogP contribution in [0.2, 0.25) is 0 Å². The number of hydrogen-bond acceptors (Lipinski definition) is 5. The van der Waals surface area contributed by atoms with Gasteiger partial charge in [-0.25, -0.2) is 4.98 Å². The first-order chi connectivity index (χ1) is 12.0. The Bertz CT molecular complexity index is 569. The van der Waals surface area contributed by atoms with Crippen molar-refractivity contribution >= 4 is 11.6 Å². The van der Waals surface area contributed by atoms with Crippen LogP contribution in [0.25, 0.3) is 0 Å². The van der Waals surface area contributed by atoms with Crippen LogP contribution < -0.4 is 10.1 Å². The molecule has 140 valence electrons. The van der Waals surface area contributed by atoms with Gasteiger partial charge in [-0.05, 0) is 51.5 Å². The molecule has 0 aromatic carbocycles. The van der Waals surface area contributed by atoms with Gasteiger partial charge in [-0.1, -0.05) is 6.92 Å². The van der Waals surface area contributed by atoms with Crippen molar-refractivity contribution < 1.29 is 19.0 Å². The molecule has 0 saturated heterocycles. The molecule has 0 spiro atoms. The molecule has 6 heteroatoms. The highest BCUT2D eigenvalue weighted by Crippen LogP contribution is 2.35. The molecule has 0 atom stereocenters. The number of aryl methyl sites for hydroxylation is 1. The summed E-state index contributed by atoms with van der Waals surface area (Å²) >= 11 is 0. The smallest absolute Gasteiger partial charge is 0.256 e. The number of ether oxygens (including phenoxy) is 3. The lowest BCUT2D eigenvalue weighted by Crippen LogP contribution is -2.47. The van der Waals surface area contributed by atoms with Crippen LogP contribution in [0.1, 0.15) is 45.1 Å². The average molecular weight is 350 g/mol. The molecule has 2 rings (SSSR count). The van der Waals surface area contributed by atoms with E-state index in [1.165, 1.54) is 0 Å². The maximum absolute atomic E-state index is 12.8. The third-order valence-corrected chi connectivity index (χ3v) is 4.85. The largest absolute Gasteiger partial charge is 0.475 e. The number of pyridine rings is 1. The van der Waals surface area contributed by atoms with E-state index in [1.54, 1.807) is 13.3 Å². The SMILES string of the molecule is CCOCCOc1ncc(NC(=O)C2(OC)CCC(C)CC2)cc1C.